The van der Waals surface area contributed by atoms with Crippen molar-refractivity contribution < 1.29 is 18.0 Å². The first kappa shape index (κ1) is 21.0. The Morgan fingerprint density at radius 3 is 2.17 bits per heavy atom. The van der Waals surface area contributed by atoms with E-state index in [-0.39, 0.29) is 22.6 Å². The molecule has 29 heavy (non-hydrogen) atoms. The quantitative estimate of drug-likeness (QED) is 0.776. The van der Waals surface area contributed by atoms with Gasteiger partial charge in [0.25, 0.3) is 5.91 Å². The first-order chi connectivity index (χ1) is 13.7. The maximum atomic E-state index is 12.6. The SMILES string of the molecule is Cc1ccc(CNC(=O)C2CCN(C(=O)c3ccc(S(N)(=O)=O)cc3)CC2)cc1. The second-order valence-electron chi connectivity index (χ2n) is 7.34. The van der Waals surface area contributed by atoms with Crippen LogP contribution in [-0.4, -0.2) is 38.2 Å². The molecule has 1 saturated heterocycles. The van der Waals surface area contributed by atoms with E-state index in [0.717, 1.165) is 5.56 Å². The van der Waals surface area contributed by atoms with Gasteiger partial charge in [-0.2, -0.15) is 0 Å². The highest BCUT2D eigenvalue weighted by Gasteiger charge is 2.27. The maximum Gasteiger partial charge on any atom is 0.253 e. The lowest BCUT2D eigenvalue weighted by Crippen LogP contribution is -2.42. The molecule has 7 nitrogen and oxygen atoms in total. The van der Waals surface area contributed by atoms with E-state index in [4.69, 9.17) is 5.14 Å². The molecule has 0 spiro atoms. The number of carbonyl (C=O) groups excluding carboxylic acids is 2. The van der Waals surface area contributed by atoms with Gasteiger partial charge in [-0.15, -0.1) is 0 Å². The average molecular weight is 416 g/mol. The Balaban J connectivity index is 1.51. The number of rotatable bonds is 5. The van der Waals surface area contributed by atoms with Gasteiger partial charge in [-0.3, -0.25) is 9.59 Å². The minimum absolute atomic E-state index is 0.00943. The molecule has 1 heterocycles. The molecule has 0 saturated carbocycles. The number of nitrogens with zero attached hydrogens (tertiary/aromatic N) is 1. The summed E-state index contributed by atoms with van der Waals surface area (Å²) in [5.41, 5.74) is 2.63. The van der Waals surface area contributed by atoms with Gasteiger partial charge in [0.1, 0.15) is 0 Å². The van der Waals surface area contributed by atoms with Crippen LogP contribution in [0.15, 0.2) is 53.4 Å². The molecule has 1 aliphatic heterocycles. The van der Waals surface area contributed by atoms with E-state index in [2.05, 4.69) is 5.32 Å². The third-order valence-corrected chi connectivity index (χ3v) is 6.10. The zero-order valence-corrected chi connectivity index (χ0v) is 17.1. The molecule has 0 aliphatic carbocycles. The molecule has 1 aliphatic rings. The average Bonchev–Trinajstić information content (AvgIpc) is 2.72. The molecule has 0 atom stereocenters. The fourth-order valence-corrected chi connectivity index (χ4v) is 3.87. The first-order valence-corrected chi connectivity index (χ1v) is 11.0. The van der Waals surface area contributed by atoms with Crippen LogP contribution in [-0.2, 0) is 21.4 Å². The molecular weight excluding hydrogens is 390 g/mol. The zero-order chi connectivity index (χ0) is 21.0. The van der Waals surface area contributed by atoms with E-state index >= 15 is 0 Å². The number of sulfonamides is 1. The number of carbonyl (C=O) groups is 2. The maximum absolute atomic E-state index is 12.6. The van der Waals surface area contributed by atoms with E-state index in [0.29, 0.717) is 38.0 Å². The number of hydrogen-bond donors (Lipinski definition) is 2. The van der Waals surface area contributed by atoms with Gasteiger partial charge in [-0.25, -0.2) is 13.6 Å². The molecule has 1 fully saturated rings. The summed E-state index contributed by atoms with van der Waals surface area (Å²) in [6.07, 6.45) is 1.20. The van der Waals surface area contributed by atoms with Gasteiger partial charge in [0.05, 0.1) is 4.90 Å². The van der Waals surface area contributed by atoms with Crippen LogP contribution in [0.25, 0.3) is 0 Å². The largest absolute Gasteiger partial charge is 0.352 e. The number of nitrogens with two attached hydrogens (primary N) is 1. The first-order valence-electron chi connectivity index (χ1n) is 9.49. The second kappa shape index (κ2) is 8.75. The molecule has 2 aromatic carbocycles. The molecule has 0 unspecified atom stereocenters. The van der Waals surface area contributed by atoms with Gasteiger partial charge in [0, 0.05) is 31.1 Å². The monoisotopic (exact) mass is 415 g/mol. The highest BCUT2D eigenvalue weighted by atomic mass is 32.2. The van der Waals surface area contributed by atoms with Gasteiger partial charge in [0.2, 0.25) is 15.9 Å². The molecule has 2 aromatic rings. The van der Waals surface area contributed by atoms with Crippen LogP contribution in [0.4, 0.5) is 0 Å². The van der Waals surface area contributed by atoms with E-state index < -0.39 is 10.0 Å². The van der Waals surface area contributed by atoms with Crippen molar-refractivity contribution in [1.29, 1.82) is 0 Å². The smallest absolute Gasteiger partial charge is 0.253 e. The molecule has 3 N–H and O–H groups in total. The fourth-order valence-electron chi connectivity index (χ4n) is 3.35. The van der Waals surface area contributed by atoms with Crippen molar-refractivity contribution in [3.05, 3.63) is 65.2 Å². The van der Waals surface area contributed by atoms with Crippen molar-refractivity contribution in [2.75, 3.05) is 13.1 Å². The molecule has 8 heteroatoms. The standard InChI is InChI=1S/C21H25N3O4S/c1-15-2-4-16(5-3-15)14-23-20(25)17-10-12-24(13-11-17)21(26)18-6-8-19(9-7-18)29(22,27)28/h2-9,17H,10-14H2,1H3,(H,23,25)(H2,22,27,28). The van der Waals surface area contributed by atoms with Crippen LogP contribution in [0.2, 0.25) is 0 Å². The fraction of sp³-hybridized carbons (Fsp3) is 0.333. The minimum atomic E-state index is -3.78. The Morgan fingerprint density at radius 2 is 1.62 bits per heavy atom. The van der Waals surface area contributed by atoms with Crippen molar-refractivity contribution in [3.8, 4) is 0 Å². The zero-order valence-electron chi connectivity index (χ0n) is 16.3. The van der Waals surface area contributed by atoms with Crippen molar-refractivity contribution in [1.82, 2.24) is 10.2 Å². The van der Waals surface area contributed by atoms with Crippen LogP contribution >= 0.6 is 0 Å². The number of likely N-dealkylation sites (tertiary alicyclic amines) is 1. The molecule has 0 bridgehead atoms. The van der Waals surface area contributed by atoms with Gasteiger partial charge >= 0.3 is 0 Å². The summed E-state index contributed by atoms with van der Waals surface area (Å²) in [7, 11) is -3.78. The summed E-state index contributed by atoms with van der Waals surface area (Å²) in [4.78, 5) is 26.7. The lowest BCUT2D eigenvalue weighted by Gasteiger charge is -2.31. The molecule has 0 radical (unpaired) electrons. The predicted molar refractivity (Wildman–Crippen MR) is 109 cm³/mol. The van der Waals surface area contributed by atoms with Crippen molar-refractivity contribution in [2.24, 2.45) is 11.1 Å². The molecule has 2 amide bonds. The van der Waals surface area contributed by atoms with Gasteiger partial charge in [-0.05, 0) is 49.6 Å². The number of aryl methyl sites for hydroxylation is 1. The van der Waals surface area contributed by atoms with Crippen molar-refractivity contribution in [2.45, 2.75) is 31.2 Å². The van der Waals surface area contributed by atoms with Crippen molar-refractivity contribution >= 4 is 21.8 Å². The highest BCUT2D eigenvalue weighted by Crippen LogP contribution is 2.20. The van der Waals surface area contributed by atoms with Crippen LogP contribution in [0, 0.1) is 12.8 Å². The lowest BCUT2D eigenvalue weighted by molar-refractivity contribution is -0.126. The summed E-state index contributed by atoms with van der Waals surface area (Å²) < 4.78 is 22.6. The summed E-state index contributed by atoms with van der Waals surface area (Å²) in [6, 6.07) is 13.6. The Bertz CT molecular complexity index is 978. The van der Waals surface area contributed by atoms with Gasteiger partial charge in [-0.1, -0.05) is 29.8 Å². The second-order valence-corrected chi connectivity index (χ2v) is 8.90. The lowest BCUT2D eigenvalue weighted by atomic mass is 9.95. The number of benzene rings is 2. The van der Waals surface area contributed by atoms with E-state index in [1.807, 2.05) is 31.2 Å². The van der Waals surface area contributed by atoms with E-state index in [1.165, 1.54) is 29.8 Å². The Morgan fingerprint density at radius 1 is 1.03 bits per heavy atom. The Hall–Kier alpha value is -2.71. The number of primary sulfonamides is 1. The number of piperidine rings is 1. The summed E-state index contributed by atoms with van der Waals surface area (Å²) in [5.74, 6) is -0.283. The van der Waals surface area contributed by atoms with Crippen LogP contribution in [0.3, 0.4) is 0 Å². The van der Waals surface area contributed by atoms with Crippen LogP contribution < -0.4 is 10.5 Å². The number of amides is 2. The summed E-state index contributed by atoms with van der Waals surface area (Å²) in [6.45, 7) is 3.48. The van der Waals surface area contributed by atoms with Crippen molar-refractivity contribution in [3.63, 3.8) is 0 Å². The summed E-state index contributed by atoms with van der Waals surface area (Å²) >= 11 is 0. The normalized spacial score (nSPS) is 15.2. The predicted octanol–water partition coefficient (Wildman–Crippen LogP) is 1.81. The van der Waals surface area contributed by atoms with E-state index in [9.17, 15) is 18.0 Å². The van der Waals surface area contributed by atoms with Gasteiger partial charge in [0.15, 0.2) is 0 Å². The number of nitrogens with one attached hydrogen (secondary N) is 1. The highest BCUT2D eigenvalue weighted by molar-refractivity contribution is 7.89. The molecule has 0 aromatic heterocycles. The molecule has 154 valence electrons. The van der Waals surface area contributed by atoms with E-state index in [1.54, 1.807) is 4.90 Å². The van der Waals surface area contributed by atoms with Gasteiger partial charge < -0.3 is 10.2 Å². The minimum Gasteiger partial charge on any atom is -0.352 e. The third-order valence-electron chi connectivity index (χ3n) is 5.17. The topological polar surface area (TPSA) is 110 Å². The molecule has 3 rings (SSSR count). The Labute approximate surface area is 171 Å². The Kier molecular flexibility index (Phi) is 6.34. The van der Waals surface area contributed by atoms with Crippen LogP contribution in [0.1, 0.15) is 34.3 Å². The van der Waals surface area contributed by atoms with Crippen LogP contribution in [0.5, 0.6) is 0 Å². The summed E-state index contributed by atoms with van der Waals surface area (Å²) in [5, 5.41) is 8.05. The third kappa shape index (κ3) is 5.42. The number of hydrogen-bond acceptors (Lipinski definition) is 4. The molecular formula is C21H25N3O4S.